The normalized spacial score (nSPS) is 30.0. The van der Waals surface area contributed by atoms with Crippen molar-refractivity contribution in [1.29, 1.82) is 0 Å². The number of rotatable bonds is 10. The molecule has 2 aliphatic heterocycles. The highest BCUT2D eigenvalue weighted by molar-refractivity contribution is 7.46. The first-order valence-corrected chi connectivity index (χ1v) is 14.3. The molecule has 4 aromatic rings. The Balaban J connectivity index is 1.11. The maximum Gasteiger partial charge on any atom is 0.472 e. The largest absolute Gasteiger partial charge is 0.472 e. The lowest BCUT2D eigenvalue weighted by Crippen LogP contribution is -2.41. The molecule has 0 saturated carbocycles. The molecule has 0 amide bonds. The van der Waals surface area contributed by atoms with Gasteiger partial charge in [-0.2, -0.15) is 0 Å². The highest BCUT2D eigenvalue weighted by atomic mass is 31.2. The summed E-state index contributed by atoms with van der Waals surface area (Å²) in [5, 5.41) is 42.6. The Morgan fingerprint density at radius 3 is 1.93 bits per heavy atom. The fourth-order valence-corrected chi connectivity index (χ4v) is 5.40. The van der Waals surface area contributed by atoms with Gasteiger partial charge in [-0.05, 0) is 0 Å². The molecule has 23 heteroatoms. The number of nitrogen functional groups attached to an aromatic ring is 2. The number of nitrogens with two attached hydrogens (primary N) is 2. The van der Waals surface area contributed by atoms with Crippen molar-refractivity contribution in [2.24, 2.45) is 0 Å². The summed E-state index contributed by atoms with van der Waals surface area (Å²) in [4.78, 5) is 42.9. The lowest BCUT2D eigenvalue weighted by atomic mass is 10.1. The molecule has 22 nitrogen and oxygen atoms in total. The van der Waals surface area contributed by atoms with Gasteiger partial charge < -0.3 is 60.6 Å². The topological polar surface area (TPSA) is 324 Å². The van der Waals surface area contributed by atoms with Crippen LogP contribution in [0.15, 0.2) is 25.3 Å². The number of aromatic nitrogens is 8. The van der Waals surface area contributed by atoms with Crippen molar-refractivity contribution >= 4 is 41.8 Å². The zero-order valence-electron chi connectivity index (χ0n) is 22.2. The third-order valence-electron chi connectivity index (χ3n) is 7.04. The number of ether oxygens (including phenoxy) is 4. The summed E-state index contributed by atoms with van der Waals surface area (Å²) >= 11 is 0. The Hall–Kier alpha value is -3.51. The number of fused-ring (bicyclic) bond motifs is 2. The molecule has 6 heterocycles. The zero-order valence-corrected chi connectivity index (χ0v) is 23.1. The molecule has 4 aromatic heterocycles. The standard InChI is InChI=1S/C21H27N10O12P/c22-15-8-17(26-2-24-15)30(4-28-8)19-12(34)10(32)7(41-19)1-39-6-40-21(43-44(36,37)38)14-11(33)13(35)20(42-14)31-5-29-9-16(23)25-3-27-18(9)31/h2-5,7,10-14,19-21,32-35H,1,6H2,(H2,22,24,26)(H2,23,25,27)(H2,36,37,38)/t7-,10-,11+,12-,13-,14+,19-,20-,21?/m1/s1. The Bertz CT molecular complexity index is 1690. The monoisotopic (exact) mass is 642 g/mol. The molecule has 0 spiro atoms. The maximum absolute atomic E-state index is 11.7. The van der Waals surface area contributed by atoms with Gasteiger partial charge in [0.25, 0.3) is 0 Å². The van der Waals surface area contributed by atoms with E-state index < -0.39 is 70.0 Å². The molecular formula is C21H27N10O12P. The van der Waals surface area contributed by atoms with Gasteiger partial charge in [-0.25, -0.2) is 34.5 Å². The van der Waals surface area contributed by atoms with Crippen molar-refractivity contribution in [3.63, 3.8) is 0 Å². The van der Waals surface area contributed by atoms with Crippen LogP contribution in [0.4, 0.5) is 11.6 Å². The van der Waals surface area contributed by atoms with Crippen LogP contribution >= 0.6 is 7.82 Å². The van der Waals surface area contributed by atoms with E-state index in [0.29, 0.717) is 0 Å². The van der Waals surface area contributed by atoms with Crippen molar-refractivity contribution in [2.45, 2.75) is 55.4 Å². The molecule has 2 aliphatic rings. The Morgan fingerprint density at radius 1 is 0.818 bits per heavy atom. The Kier molecular flexibility index (Phi) is 8.17. The van der Waals surface area contributed by atoms with E-state index in [9.17, 15) is 34.8 Å². The van der Waals surface area contributed by atoms with E-state index in [1.54, 1.807) is 0 Å². The van der Waals surface area contributed by atoms with Crippen LogP contribution in [0.2, 0.25) is 0 Å². The van der Waals surface area contributed by atoms with Crippen molar-refractivity contribution in [3.05, 3.63) is 25.3 Å². The van der Waals surface area contributed by atoms with Gasteiger partial charge in [0.2, 0.25) is 6.29 Å². The number of aliphatic hydroxyl groups excluding tert-OH is 4. The summed E-state index contributed by atoms with van der Waals surface area (Å²) in [5.74, 6) is 0.159. The molecule has 10 N–H and O–H groups in total. The number of anilines is 2. The molecule has 0 radical (unpaired) electrons. The summed E-state index contributed by atoms with van der Waals surface area (Å²) in [6.45, 7) is -1.09. The predicted molar refractivity (Wildman–Crippen MR) is 140 cm³/mol. The minimum Gasteiger partial charge on any atom is -0.387 e. The van der Waals surface area contributed by atoms with Gasteiger partial charge in [0, 0.05) is 0 Å². The molecule has 9 atom stereocenters. The van der Waals surface area contributed by atoms with Crippen LogP contribution in [0.25, 0.3) is 22.3 Å². The van der Waals surface area contributed by atoms with Crippen molar-refractivity contribution in [3.8, 4) is 0 Å². The van der Waals surface area contributed by atoms with Crippen LogP contribution in [0, 0.1) is 0 Å². The van der Waals surface area contributed by atoms with E-state index >= 15 is 0 Å². The molecule has 0 aromatic carbocycles. The van der Waals surface area contributed by atoms with Crippen LogP contribution in [0.5, 0.6) is 0 Å². The highest BCUT2D eigenvalue weighted by Crippen LogP contribution is 2.42. The first kappa shape index (κ1) is 30.5. The molecule has 238 valence electrons. The second kappa shape index (κ2) is 11.8. The number of imidazole rings is 2. The average Bonchev–Trinajstić information content (AvgIpc) is 3.73. The van der Waals surface area contributed by atoms with Gasteiger partial charge in [0.15, 0.2) is 35.4 Å². The summed E-state index contributed by atoms with van der Waals surface area (Å²) in [6, 6.07) is 0. The van der Waals surface area contributed by atoms with Gasteiger partial charge in [-0.15, -0.1) is 0 Å². The van der Waals surface area contributed by atoms with Crippen molar-refractivity contribution < 1.29 is 58.2 Å². The third-order valence-corrected chi connectivity index (χ3v) is 7.52. The average molecular weight is 642 g/mol. The number of phosphoric acid groups is 1. The first-order chi connectivity index (χ1) is 20.9. The minimum absolute atomic E-state index is 0.0498. The molecule has 2 fully saturated rings. The molecule has 2 saturated heterocycles. The summed E-state index contributed by atoms with van der Waals surface area (Å²) in [5.41, 5.74) is 12.5. The van der Waals surface area contributed by atoms with E-state index in [4.69, 9.17) is 30.4 Å². The van der Waals surface area contributed by atoms with E-state index in [-0.39, 0.29) is 40.6 Å². The summed E-state index contributed by atoms with van der Waals surface area (Å²) in [6.07, 6.45) is -8.56. The second-order valence-electron chi connectivity index (χ2n) is 9.80. The van der Waals surface area contributed by atoms with Crippen LogP contribution in [0.1, 0.15) is 12.5 Å². The third kappa shape index (κ3) is 5.58. The lowest BCUT2D eigenvalue weighted by Gasteiger charge is -2.26. The number of hydrogen-bond donors (Lipinski definition) is 8. The van der Waals surface area contributed by atoms with Gasteiger partial charge in [-0.3, -0.25) is 13.7 Å². The van der Waals surface area contributed by atoms with Crippen LogP contribution in [-0.2, 0) is 28.0 Å². The molecule has 6 rings (SSSR count). The molecular weight excluding hydrogens is 615 g/mol. The second-order valence-corrected chi connectivity index (χ2v) is 11.0. The van der Waals surface area contributed by atoms with Gasteiger partial charge in [0.05, 0.1) is 19.3 Å². The fraction of sp³-hybridized carbons (Fsp3) is 0.524. The van der Waals surface area contributed by atoms with E-state index in [1.807, 2.05) is 0 Å². The van der Waals surface area contributed by atoms with E-state index in [1.165, 1.54) is 28.1 Å². The number of hydrogen-bond acceptors (Lipinski definition) is 18. The fourth-order valence-electron chi connectivity index (χ4n) is 4.95. The molecule has 1 unspecified atom stereocenters. The Morgan fingerprint density at radius 2 is 1.36 bits per heavy atom. The molecule has 0 bridgehead atoms. The van der Waals surface area contributed by atoms with E-state index in [0.717, 1.165) is 6.33 Å². The number of nitrogens with zero attached hydrogens (tertiary/aromatic N) is 8. The summed E-state index contributed by atoms with van der Waals surface area (Å²) in [7, 11) is -5.23. The zero-order chi connectivity index (χ0) is 31.3. The molecule has 0 aliphatic carbocycles. The van der Waals surface area contributed by atoms with Crippen LogP contribution < -0.4 is 11.5 Å². The Labute approximate surface area is 245 Å². The summed E-state index contributed by atoms with van der Waals surface area (Å²) < 4.78 is 41.2. The molecule has 44 heavy (non-hydrogen) atoms. The van der Waals surface area contributed by atoms with Gasteiger partial charge in [0.1, 0.15) is 67.1 Å². The van der Waals surface area contributed by atoms with Crippen LogP contribution in [-0.4, -0.2) is 126 Å². The quantitative estimate of drug-likeness (QED) is 0.0472. The lowest BCUT2D eigenvalue weighted by molar-refractivity contribution is -0.228. The van der Waals surface area contributed by atoms with Crippen LogP contribution in [0.3, 0.4) is 0 Å². The predicted octanol–water partition coefficient (Wildman–Crippen LogP) is -3.50. The van der Waals surface area contributed by atoms with Gasteiger partial charge >= 0.3 is 7.82 Å². The van der Waals surface area contributed by atoms with E-state index in [2.05, 4.69) is 34.4 Å². The maximum atomic E-state index is 11.7. The van der Waals surface area contributed by atoms with Gasteiger partial charge in [-0.1, -0.05) is 0 Å². The van der Waals surface area contributed by atoms with Crippen molar-refractivity contribution in [1.82, 2.24) is 39.0 Å². The first-order valence-electron chi connectivity index (χ1n) is 12.8. The number of aliphatic hydroxyl groups is 4. The SMILES string of the molecule is Nc1ncnc2c1ncn2[C@@H]1O[C@H](C(OCOC[C@H]2O[C@@H](n3cnc4c(N)ncnc43)[C@H](O)[C@@H]2O)OP(=O)(O)O)[C@@H](O)[C@H]1O. The number of phosphoric ester groups is 1. The smallest absolute Gasteiger partial charge is 0.387 e. The highest BCUT2D eigenvalue weighted by Gasteiger charge is 2.50. The van der Waals surface area contributed by atoms with Crippen molar-refractivity contribution in [2.75, 3.05) is 24.9 Å². The minimum atomic E-state index is -5.23.